The van der Waals surface area contributed by atoms with Crippen LogP contribution in [0.25, 0.3) is 4.96 Å². The highest BCUT2D eigenvalue weighted by molar-refractivity contribution is 7.16. The fraction of sp³-hybridized carbons (Fsp3) is 0.688. The molecule has 4 heterocycles. The predicted molar refractivity (Wildman–Crippen MR) is 92.6 cm³/mol. The zero-order valence-electron chi connectivity index (χ0n) is 14.1. The van der Waals surface area contributed by atoms with Gasteiger partial charge in [-0.05, 0) is 13.3 Å². The van der Waals surface area contributed by atoms with Crippen molar-refractivity contribution in [1.29, 1.82) is 0 Å². The van der Waals surface area contributed by atoms with Gasteiger partial charge in [0, 0.05) is 44.3 Å². The van der Waals surface area contributed by atoms with E-state index in [9.17, 15) is 4.79 Å². The maximum absolute atomic E-state index is 12.3. The van der Waals surface area contributed by atoms with Crippen molar-refractivity contribution in [3.05, 3.63) is 27.1 Å². The van der Waals surface area contributed by atoms with Crippen molar-refractivity contribution in [3.8, 4) is 0 Å². The number of morpholine rings is 1. The summed E-state index contributed by atoms with van der Waals surface area (Å²) in [5, 5.41) is 5.25. The van der Waals surface area contributed by atoms with Gasteiger partial charge in [0.25, 0.3) is 5.56 Å². The van der Waals surface area contributed by atoms with Crippen LogP contribution >= 0.6 is 11.3 Å². The van der Waals surface area contributed by atoms with E-state index in [2.05, 4.69) is 26.8 Å². The molecular weight excluding hydrogens is 326 g/mol. The Morgan fingerprint density at radius 3 is 3.08 bits per heavy atom. The van der Waals surface area contributed by atoms with E-state index in [4.69, 9.17) is 4.74 Å². The van der Waals surface area contributed by atoms with E-state index in [1.165, 1.54) is 15.9 Å². The number of aryl methyl sites for hydroxylation is 1. The minimum atomic E-state index is -0.0841. The third kappa shape index (κ3) is 2.99. The van der Waals surface area contributed by atoms with Gasteiger partial charge in [0.2, 0.25) is 4.96 Å². The number of hydrogen-bond acceptors (Lipinski definition) is 7. The number of fused-ring (bicyclic) bond motifs is 2. The van der Waals surface area contributed by atoms with Gasteiger partial charge in [-0.15, -0.1) is 0 Å². The van der Waals surface area contributed by atoms with Gasteiger partial charge in [-0.1, -0.05) is 18.3 Å². The largest absolute Gasteiger partial charge is 0.378 e. The zero-order chi connectivity index (χ0) is 16.7. The van der Waals surface area contributed by atoms with E-state index >= 15 is 0 Å². The van der Waals surface area contributed by atoms with Crippen molar-refractivity contribution >= 4 is 16.3 Å². The van der Waals surface area contributed by atoms with Crippen LogP contribution in [0.1, 0.15) is 24.5 Å². The maximum atomic E-state index is 12.3. The van der Waals surface area contributed by atoms with Crippen LogP contribution in [0.3, 0.4) is 0 Å². The quantitative estimate of drug-likeness (QED) is 0.809. The van der Waals surface area contributed by atoms with Gasteiger partial charge in [-0.25, -0.2) is 4.98 Å². The predicted octanol–water partition coefficient (Wildman–Crippen LogP) is 0.618. The smallest absolute Gasteiger partial charge is 0.275 e. The minimum absolute atomic E-state index is 0.0841. The summed E-state index contributed by atoms with van der Waals surface area (Å²) in [6.07, 6.45) is 0.824. The molecule has 0 unspecified atom stereocenters. The van der Waals surface area contributed by atoms with Crippen LogP contribution in [-0.2, 0) is 17.7 Å². The summed E-state index contributed by atoms with van der Waals surface area (Å²) in [6, 6.07) is 2.57. The first-order valence-electron chi connectivity index (χ1n) is 8.58. The third-order valence-electron chi connectivity index (χ3n) is 4.88. The Bertz CT molecular complexity index is 788. The molecule has 0 saturated carbocycles. The molecule has 2 aliphatic rings. The summed E-state index contributed by atoms with van der Waals surface area (Å²) >= 11 is 1.50. The Kier molecular flexibility index (Phi) is 4.38. The Morgan fingerprint density at radius 1 is 1.38 bits per heavy atom. The van der Waals surface area contributed by atoms with Crippen molar-refractivity contribution in [2.24, 2.45) is 0 Å². The Hall–Kier alpha value is -1.35. The zero-order valence-corrected chi connectivity index (χ0v) is 15.0. The first kappa shape index (κ1) is 16.1. The summed E-state index contributed by atoms with van der Waals surface area (Å²) in [5.41, 5.74) is 0.753. The molecule has 2 aromatic rings. The second-order valence-electron chi connectivity index (χ2n) is 6.64. The standard InChI is InChI=1S/C16H23N5O2S/c1-3-14-18-21-15(22)6-12(17-16(21)24-14)7-19-4-5-20-11(2)9-23-10-13(20)8-19/h6,11,13H,3-5,7-10H2,1-2H3/t11-,13+/m0/s1. The van der Waals surface area contributed by atoms with Gasteiger partial charge in [0.15, 0.2) is 0 Å². The van der Waals surface area contributed by atoms with Gasteiger partial charge >= 0.3 is 0 Å². The summed E-state index contributed by atoms with van der Waals surface area (Å²) < 4.78 is 7.12. The van der Waals surface area contributed by atoms with Crippen LogP contribution in [0, 0.1) is 0 Å². The molecule has 7 nitrogen and oxygen atoms in total. The fourth-order valence-corrected chi connectivity index (χ4v) is 4.48. The fourth-order valence-electron chi connectivity index (χ4n) is 3.63. The number of nitrogens with zero attached hydrogens (tertiary/aromatic N) is 5. The van der Waals surface area contributed by atoms with Crippen molar-refractivity contribution < 1.29 is 4.74 Å². The van der Waals surface area contributed by atoms with Crippen LogP contribution in [0.15, 0.2) is 10.9 Å². The van der Waals surface area contributed by atoms with E-state index in [0.29, 0.717) is 23.6 Å². The molecule has 0 bridgehead atoms. The maximum Gasteiger partial charge on any atom is 0.275 e. The molecule has 8 heteroatoms. The normalized spacial score (nSPS) is 25.9. The highest BCUT2D eigenvalue weighted by atomic mass is 32.1. The van der Waals surface area contributed by atoms with E-state index < -0.39 is 0 Å². The molecule has 2 aromatic heterocycles. The molecule has 0 radical (unpaired) electrons. The molecule has 0 spiro atoms. The Morgan fingerprint density at radius 2 is 2.25 bits per heavy atom. The number of rotatable bonds is 3. The molecule has 2 fully saturated rings. The lowest BCUT2D eigenvalue weighted by Crippen LogP contribution is -2.60. The van der Waals surface area contributed by atoms with Gasteiger partial charge in [-0.2, -0.15) is 9.61 Å². The SMILES string of the molecule is CCc1nn2c(=O)cc(CN3CCN4[C@@H](COC[C@@H]4C)C3)nc2s1. The van der Waals surface area contributed by atoms with Crippen molar-refractivity contribution in [3.63, 3.8) is 0 Å². The van der Waals surface area contributed by atoms with E-state index in [0.717, 1.165) is 50.0 Å². The number of hydrogen-bond donors (Lipinski definition) is 0. The first-order valence-corrected chi connectivity index (χ1v) is 9.40. The summed E-state index contributed by atoms with van der Waals surface area (Å²) in [7, 11) is 0. The summed E-state index contributed by atoms with van der Waals surface area (Å²) in [6.45, 7) is 9.63. The molecule has 2 aliphatic heterocycles. The summed E-state index contributed by atoms with van der Waals surface area (Å²) in [4.78, 5) is 22.5. The molecule has 0 aliphatic carbocycles. The average Bonchev–Trinajstić information content (AvgIpc) is 2.99. The van der Waals surface area contributed by atoms with Crippen LogP contribution < -0.4 is 5.56 Å². The Balaban J connectivity index is 1.51. The van der Waals surface area contributed by atoms with Crippen LogP contribution in [0.5, 0.6) is 0 Å². The molecule has 0 amide bonds. The molecule has 4 rings (SSSR count). The van der Waals surface area contributed by atoms with Gasteiger partial charge in [0.05, 0.1) is 18.9 Å². The molecule has 0 N–H and O–H groups in total. The molecule has 0 aromatic carbocycles. The van der Waals surface area contributed by atoms with E-state index in [-0.39, 0.29) is 5.56 Å². The number of aromatic nitrogens is 3. The van der Waals surface area contributed by atoms with Crippen LogP contribution in [0.4, 0.5) is 0 Å². The molecular formula is C16H23N5O2S. The molecule has 2 atom stereocenters. The highest BCUT2D eigenvalue weighted by Gasteiger charge is 2.33. The topological polar surface area (TPSA) is 63.0 Å². The van der Waals surface area contributed by atoms with Gasteiger partial charge in [0.1, 0.15) is 5.01 Å². The lowest BCUT2D eigenvalue weighted by molar-refractivity contribution is -0.0767. The van der Waals surface area contributed by atoms with Crippen molar-refractivity contribution in [1.82, 2.24) is 24.4 Å². The van der Waals surface area contributed by atoms with Crippen molar-refractivity contribution in [2.45, 2.75) is 38.9 Å². The van der Waals surface area contributed by atoms with Crippen LogP contribution in [-0.4, -0.2) is 69.3 Å². The number of piperazine rings is 1. The van der Waals surface area contributed by atoms with Crippen LogP contribution in [0.2, 0.25) is 0 Å². The second-order valence-corrected chi connectivity index (χ2v) is 7.68. The van der Waals surface area contributed by atoms with Gasteiger partial charge in [-0.3, -0.25) is 14.6 Å². The molecule has 24 heavy (non-hydrogen) atoms. The summed E-state index contributed by atoms with van der Waals surface area (Å²) in [5.74, 6) is 0. The molecule has 2 saturated heterocycles. The lowest BCUT2D eigenvalue weighted by Gasteiger charge is -2.46. The molecule has 130 valence electrons. The van der Waals surface area contributed by atoms with Crippen molar-refractivity contribution in [2.75, 3.05) is 32.8 Å². The lowest BCUT2D eigenvalue weighted by atomic mass is 10.1. The highest BCUT2D eigenvalue weighted by Crippen LogP contribution is 2.20. The average molecular weight is 349 g/mol. The second kappa shape index (κ2) is 6.51. The van der Waals surface area contributed by atoms with Gasteiger partial charge < -0.3 is 4.74 Å². The Labute approximate surface area is 144 Å². The monoisotopic (exact) mass is 349 g/mol. The first-order chi connectivity index (χ1) is 11.6. The van der Waals surface area contributed by atoms with E-state index in [1.54, 1.807) is 6.07 Å². The third-order valence-corrected chi connectivity index (χ3v) is 5.93. The minimum Gasteiger partial charge on any atom is -0.378 e. The number of ether oxygens (including phenoxy) is 1. The van der Waals surface area contributed by atoms with E-state index in [1.807, 2.05) is 6.92 Å².